The first-order valence-electron chi connectivity index (χ1n) is 6.47. The van der Waals surface area contributed by atoms with Gasteiger partial charge >= 0.3 is 0 Å². The Morgan fingerprint density at radius 3 is 2.83 bits per heavy atom. The molecule has 1 aliphatic rings. The lowest BCUT2D eigenvalue weighted by molar-refractivity contribution is 0.171. The number of nitriles is 1. The lowest BCUT2D eigenvalue weighted by Gasteiger charge is -2.15. The summed E-state index contributed by atoms with van der Waals surface area (Å²) in [5.41, 5.74) is 2.31. The van der Waals surface area contributed by atoms with E-state index in [1.54, 1.807) is 7.11 Å². The fraction of sp³-hybridized carbons (Fsp3) is 0.533. The monoisotopic (exact) mass is 244 g/mol. The van der Waals surface area contributed by atoms with Gasteiger partial charge in [-0.05, 0) is 36.3 Å². The van der Waals surface area contributed by atoms with E-state index in [4.69, 9.17) is 10.00 Å². The SMILES string of the molecule is COCCC1(CNCc2ccccc2C#N)CC1. The number of nitrogens with zero attached hydrogens (tertiary/aromatic N) is 1. The van der Waals surface area contributed by atoms with Crippen molar-refractivity contribution in [1.29, 1.82) is 5.26 Å². The topological polar surface area (TPSA) is 45.0 Å². The number of rotatable bonds is 7. The highest BCUT2D eigenvalue weighted by molar-refractivity contribution is 5.37. The van der Waals surface area contributed by atoms with Gasteiger partial charge < -0.3 is 10.1 Å². The molecule has 96 valence electrons. The third-order valence-electron chi connectivity index (χ3n) is 3.75. The van der Waals surface area contributed by atoms with Crippen LogP contribution in [-0.2, 0) is 11.3 Å². The molecule has 1 aromatic carbocycles. The van der Waals surface area contributed by atoms with E-state index in [9.17, 15) is 0 Å². The summed E-state index contributed by atoms with van der Waals surface area (Å²) in [6, 6.07) is 10.0. The largest absolute Gasteiger partial charge is 0.385 e. The number of ether oxygens (including phenoxy) is 1. The summed E-state index contributed by atoms with van der Waals surface area (Å²) < 4.78 is 5.15. The van der Waals surface area contributed by atoms with Gasteiger partial charge in [0.1, 0.15) is 0 Å². The molecule has 1 aromatic rings. The summed E-state index contributed by atoms with van der Waals surface area (Å²) in [6.45, 7) is 2.64. The van der Waals surface area contributed by atoms with Crippen LogP contribution in [-0.4, -0.2) is 20.3 Å². The Bertz CT molecular complexity index is 432. The molecule has 18 heavy (non-hydrogen) atoms. The number of benzene rings is 1. The molecular weight excluding hydrogens is 224 g/mol. The van der Waals surface area contributed by atoms with Crippen molar-refractivity contribution in [2.24, 2.45) is 5.41 Å². The highest BCUT2D eigenvalue weighted by atomic mass is 16.5. The maximum absolute atomic E-state index is 9.01. The van der Waals surface area contributed by atoms with Crippen LogP contribution < -0.4 is 5.32 Å². The Balaban J connectivity index is 1.80. The second-order valence-electron chi connectivity index (χ2n) is 5.12. The van der Waals surface area contributed by atoms with Crippen LogP contribution in [0.3, 0.4) is 0 Å². The van der Waals surface area contributed by atoms with Crippen LogP contribution in [0.2, 0.25) is 0 Å². The second-order valence-corrected chi connectivity index (χ2v) is 5.12. The average Bonchev–Trinajstić information content (AvgIpc) is 3.17. The van der Waals surface area contributed by atoms with Crippen molar-refractivity contribution in [1.82, 2.24) is 5.32 Å². The van der Waals surface area contributed by atoms with Crippen LogP contribution in [0, 0.1) is 16.7 Å². The van der Waals surface area contributed by atoms with Crippen molar-refractivity contribution in [3.8, 4) is 6.07 Å². The Morgan fingerprint density at radius 1 is 1.39 bits per heavy atom. The standard InChI is InChI=1S/C15H20N2O/c1-18-9-8-15(6-7-15)12-17-11-14-5-3-2-4-13(14)10-16/h2-5,17H,6-9,11-12H2,1H3. The minimum atomic E-state index is 0.456. The zero-order chi connectivity index (χ0) is 12.8. The summed E-state index contributed by atoms with van der Waals surface area (Å²) in [5.74, 6) is 0. The highest BCUT2D eigenvalue weighted by Crippen LogP contribution is 2.48. The average molecular weight is 244 g/mol. The lowest BCUT2D eigenvalue weighted by atomic mass is 10.0. The van der Waals surface area contributed by atoms with Crippen molar-refractivity contribution in [2.45, 2.75) is 25.8 Å². The van der Waals surface area contributed by atoms with Gasteiger partial charge in [-0.25, -0.2) is 0 Å². The predicted octanol–water partition coefficient (Wildman–Crippen LogP) is 2.46. The third-order valence-corrected chi connectivity index (χ3v) is 3.75. The molecule has 0 saturated heterocycles. The van der Waals surface area contributed by atoms with Crippen LogP contribution in [0.1, 0.15) is 30.4 Å². The van der Waals surface area contributed by atoms with Crippen LogP contribution in [0.5, 0.6) is 0 Å². The van der Waals surface area contributed by atoms with Crippen molar-refractivity contribution >= 4 is 0 Å². The summed E-state index contributed by atoms with van der Waals surface area (Å²) in [7, 11) is 1.76. The van der Waals surface area contributed by atoms with E-state index in [2.05, 4.69) is 11.4 Å². The first-order chi connectivity index (χ1) is 8.79. The van der Waals surface area contributed by atoms with Gasteiger partial charge in [-0.15, -0.1) is 0 Å². The lowest BCUT2D eigenvalue weighted by Crippen LogP contribution is -2.25. The molecule has 0 bridgehead atoms. The molecule has 0 spiro atoms. The van der Waals surface area contributed by atoms with Gasteiger partial charge in [0.25, 0.3) is 0 Å². The molecule has 0 aromatic heterocycles. The van der Waals surface area contributed by atoms with Gasteiger partial charge in [-0.2, -0.15) is 5.26 Å². The third kappa shape index (κ3) is 3.32. The van der Waals surface area contributed by atoms with Crippen LogP contribution in [0.25, 0.3) is 0 Å². The molecule has 1 N–H and O–H groups in total. The van der Waals surface area contributed by atoms with Crippen molar-refractivity contribution in [3.05, 3.63) is 35.4 Å². The molecule has 0 unspecified atom stereocenters. The minimum absolute atomic E-state index is 0.456. The number of hydrogen-bond donors (Lipinski definition) is 1. The van der Waals surface area contributed by atoms with Crippen molar-refractivity contribution in [2.75, 3.05) is 20.3 Å². The molecule has 1 aliphatic carbocycles. The minimum Gasteiger partial charge on any atom is -0.385 e. The van der Waals surface area contributed by atoms with Crippen molar-refractivity contribution < 1.29 is 4.74 Å². The highest BCUT2D eigenvalue weighted by Gasteiger charge is 2.41. The molecule has 0 aliphatic heterocycles. The maximum atomic E-state index is 9.01. The van der Waals surface area contributed by atoms with E-state index < -0.39 is 0 Å². The Hall–Kier alpha value is -1.37. The van der Waals surface area contributed by atoms with E-state index in [0.29, 0.717) is 5.41 Å². The van der Waals surface area contributed by atoms with Crippen molar-refractivity contribution in [3.63, 3.8) is 0 Å². The predicted molar refractivity (Wildman–Crippen MR) is 71.0 cm³/mol. The first kappa shape index (κ1) is 13.1. The summed E-state index contributed by atoms with van der Waals surface area (Å²) >= 11 is 0. The van der Waals surface area contributed by atoms with Crippen LogP contribution in [0.15, 0.2) is 24.3 Å². The molecule has 1 saturated carbocycles. The summed E-state index contributed by atoms with van der Waals surface area (Å²) in [4.78, 5) is 0. The smallest absolute Gasteiger partial charge is 0.0995 e. The fourth-order valence-electron chi connectivity index (χ4n) is 2.26. The maximum Gasteiger partial charge on any atom is 0.0995 e. The molecule has 1 fully saturated rings. The molecular formula is C15H20N2O. The Kier molecular flexibility index (Phi) is 4.35. The Morgan fingerprint density at radius 2 is 2.17 bits per heavy atom. The van der Waals surface area contributed by atoms with Gasteiger partial charge in [0, 0.05) is 26.8 Å². The molecule has 0 radical (unpaired) electrons. The van der Waals surface area contributed by atoms with Gasteiger partial charge in [-0.3, -0.25) is 0 Å². The van der Waals surface area contributed by atoms with Gasteiger partial charge in [0.2, 0.25) is 0 Å². The van der Waals surface area contributed by atoms with Gasteiger partial charge in [0.15, 0.2) is 0 Å². The zero-order valence-corrected chi connectivity index (χ0v) is 10.9. The van der Waals surface area contributed by atoms with E-state index >= 15 is 0 Å². The quantitative estimate of drug-likeness (QED) is 0.801. The van der Waals surface area contributed by atoms with Gasteiger partial charge in [-0.1, -0.05) is 18.2 Å². The zero-order valence-electron chi connectivity index (χ0n) is 10.9. The van der Waals surface area contributed by atoms with Crippen LogP contribution in [0.4, 0.5) is 0 Å². The van der Waals surface area contributed by atoms with Gasteiger partial charge in [0.05, 0.1) is 11.6 Å². The van der Waals surface area contributed by atoms with E-state index in [1.807, 2.05) is 24.3 Å². The molecule has 0 heterocycles. The van der Waals surface area contributed by atoms with E-state index in [-0.39, 0.29) is 0 Å². The number of hydrogen-bond acceptors (Lipinski definition) is 3. The fourth-order valence-corrected chi connectivity index (χ4v) is 2.26. The molecule has 3 heteroatoms. The molecule has 3 nitrogen and oxygen atoms in total. The number of nitrogens with one attached hydrogen (secondary N) is 1. The van der Waals surface area contributed by atoms with E-state index in [1.165, 1.54) is 12.8 Å². The van der Waals surface area contributed by atoms with Crippen LogP contribution >= 0.6 is 0 Å². The second kappa shape index (κ2) is 5.99. The Labute approximate surface area is 109 Å². The molecule has 2 rings (SSSR count). The summed E-state index contributed by atoms with van der Waals surface area (Å²) in [6.07, 6.45) is 3.73. The normalized spacial score (nSPS) is 16.2. The molecule has 0 atom stereocenters. The number of methoxy groups -OCH3 is 1. The summed E-state index contributed by atoms with van der Waals surface area (Å²) in [5, 5.41) is 12.5. The molecule has 0 amide bonds. The first-order valence-corrected chi connectivity index (χ1v) is 6.47. The van der Waals surface area contributed by atoms with E-state index in [0.717, 1.165) is 37.2 Å².